The number of aromatic nitrogens is 2. The molecule has 4 nitrogen and oxygen atoms in total. The quantitative estimate of drug-likeness (QED) is 0.744. The Bertz CT molecular complexity index is 749. The molecule has 0 aliphatic carbocycles. The zero-order chi connectivity index (χ0) is 12.8. The van der Waals surface area contributed by atoms with Crippen molar-refractivity contribution in [3.05, 3.63) is 40.9 Å². The molecule has 0 saturated heterocycles. The minimum absolute atomic E-state index is 0.269. The molecule has 1 N–H and O–H groups in total. The van der Waals surface area contributed by atoms with E-state index in [2.05, 4.69) is 25.9 Å². The number of benzene rings is 2. The lowest BCUT2D eigenvalue weighted by molar-refractivity contribution is 0.174. The van der Waals surface area contributed by atoms with Crippen LogP contribution in [0.5, 0.6) is 11.5 Å². The minimum atomic E-state index is 0.269. The summed E-state index contributed by atoms with van der Waals surface area (Å²) < 4.78 is 11.7. The van der Waals surface area contributed by atoms with Crippen molar-refractivity contribution < 1.29 is 9.47 Å². The Hall–Kier alpha value is -2.01. The van der Waals surface area contributed by atoms with Crippen LogP contribution in [0.4, 0.5) is 0 Å². The summed E-state index contributed by atoms with van der Waals surface area (Å²) in [6, 6.07) is 11.8. The van der Waals surface area contributed by atoms with Crippen LogP contribution in [0.15, 0.2) is 40.9 Å². The van der Waals surface area contributed by atoms with Crippen LogP contribution in [0.2, 0.25) is 0 Å². The first-order valence-corrected chi connectivity index (χ1v) is 6.65. The summed E-state index contributed by atoms with van der Waals surface area (Å²) in [5.41, 5.74) is 2.92. The lowest BCUT2D eigenvalue weighted by Crippen LogP contribution is -1.92. The second-order valence-electron chi connectivity index (χ2n) is 4.29. The number of nitrogens with one attached hydrogen (secondary N) is 1. The van der Waals surface area contributed by atoms with Gasteiger partial charge in [-0.3, -0.25) is 0 Å². The Labute approximate surface area is 117 Å². The lowest BCUT2D eigenvalue weighted by atomic mass is 10.2. The smallest absolute Gasteiger partial charge is 0.231 e. The van der Waals surface area contributed by atoms with Crippen molar-refractivity contribution in [1.29, 1.82) is 0 Å². The molecule has 0 fully saturated rings. The number of aromatic amines is 1. The zero-order valence-corrected chi connectivity index (χ0v) is 11.4. The molecule has 19 heavy (non-hydrogen) atoms. The third kappa shape index (κ3) is 1.69. The van der Waals surface area contributed by atoms with Crippen molar-refractivity contribution in [2.24, 2.45) is 0 Å². The van der Waals surface area contributed by atoms with Gasteiger partial charge in [0.15, 0.2) is 11.5 Å². The van der Waals surface area contributed by atoms with Gasteiger partial charge < -0.3 is 14.5 Å². The van der Waals surface area contributed by atoms with E-state index in [-0.39, 0.29) is 6.79 Å². The first-order valence-electron chi connectivity index (χ1n) is 5.85. The van der Waals surface area contributed by atoms with Crippen LogP contribution in [-0.2, 0) is 0 Å². The van der Waals surface area contributed by atoms with E-state index in [0.717, 1.165) is 38.4 Å². The molecule has 2 heterocycles. The Morgan fingerprint density at radius 3 is 2.74 bits per heavy atom. The van der Waals surface area contributed by atoms with Gasteiger partial charge in [0.05, 0.1) is 11.0 Å². The Balaban J connectivity index is 1.92. The number of hydrogen-bond donors (Lipinski definition) is 1. The van der Waals surface area contributed by atoms with E-state index < -0.39 is 0 Å². The number of hydrogen-bond acceptors (Lipinski definition) is 3. The maximum atomic E-state index is 5.40. The minimum Gasteiger partial charge on any atom is -0.454 e. The second kappa shape index (κ2) is 3.99. The monoisotopic (exact) mass is 316 g/mol. The fourth-order valence-corrected chi connectivity index (χ4v) is 2.69. The van der Waals surface area contributed by atoms with Gasteiger partial charge >= 0.3 is 0 Å². The van der Waals surface area contributed by atoms with Crippen molar-refractivity contribution in [3.63, 3.8) is 0 Å². The SMILES string of the molecule is Brc1cc2c(cc1-c1nc3ccccc3[nH]1)OCO2. The van der Waals surface area contributed by atoms with E-state index in [1.807, 2.05) is 36.4 Å². The summed E-state index contributed by atoms with van der Waals surface area (Å²) in [6.07, 6.45) is 0. The van der Waals surface area contributed by atoms with Gasteiger partial charge in [0.1, 0.15) is 5.82 Å². The van der Waals surface area contributed by atoms with E-state index in [9.17, 15) is 0 Å². The Morgan fingerprint density at radius 2 is 1.89 bits per heavy atom. The molecule has 1 aliphatic heterocycles. The van der Waals surface area contributed by atoms with Crippen LogP contribution in [0.3, 0.4) is 0 Å². The molecule has 2 aromatic carbocycles. The number of H-pyrrole nitrogens is 1. The summed E-state index contributed by atoms with van der Waals surface area (Å²) >= 11 is 3.55. The average Bonchev–Trinajstić information content (AvgIpc) is 3.02. The molecule has 0 radical (unpaired) electrons. The molecule has 4 rings (SSSR count). The van der Waals surface area contributed by atoms with Gasteiger partial charge in [-0.05, 0) is 40.2 Å². The van der Waals surface area contributed by atoms with Crippen LogP contribution in [0.1, 0.15) is 0 Å². The van der Waals surface area contributed by atoms with E-state index in [1.54, 1.807) is 0 Å². The first-order chi connectivity index (χ1) is 9.31. The molecule has 1 aliphatic rings. The fourth-order valence-electron chi connectivity index (χ4n) is 2.18. The van der Waals surface area contributed by atoms with Crippen LogP contribution in [0, 0.1) is 0 Å². The average molecular weight is 317 g/mol. The van der Waals surface area contributed by atoms with Crippen LogP contribution in [0.25, 0.3) is 22.4 Å². The highest BCUT2D eigenvalue weighted by Crippen LogP contribution is 2.40. The standard InChI is InChI=1S/C14H9BrN2O2/c15-9-6-13-12(18-7-19-13)5-8(9)14-16-10-3-1-2-4-11(10)17-14/h1-6H,7H2,(H,16,17). The molecule has 0 amide bonds. The third-order valence-corrected chi connectivity index (χ3v) is 3.76. The number of ether oxygens (including phenoxy) is 2. The highest BCUT2D eigenvalue weighted by molar-refractivity contribution is 9.10. The van der Waals surface area contributed by atoms with Gasteiger partial charge in [-0.2, -0.15) is 0 Å². The van der Waals surface area contributed by atoms with Crippen molar-refractivity contribution >= 4 is 27.0 Å². The van der Waals surface area contributed by atoms with Crippen molar-refractivity contribution in [3.8, 4) is 22.9 Å². The molecule has 0 unspecified atom stereocenters. The van der Waals surface area contributed by atoms with E-state index >= 15 is 0 Å². The molecule has 0 bridgehead atoms. The molecular weight excluding hydrogens is 308 g/mol. The van der Waals surface area contributed by atoms with Crippen molar-refractivity contribution in [2.45, 2.75) is 0 Å². The van der Waals surface area contributed by atoms with Crippen LogP contribution < -0.4 is 9.47 Å². The van der Waals surface area contributed by atoms with Crippen LogP contribution >= 0.6 is 15.9 Å². The summed E-state index contributed by atoms with van der Waals surface area (Å²) in [6.45, 7) is 0.269. The fraction of sp³-hybridized carbons (Fsp3) is 0.0714. The number of imidazole rings is 1. The molecule has 94 valence electrons. The number of halogens is 1. The maximum Gasteiger partial charge on any atom is 0.231 e. The predicted octanol–water partition coefficient (Wildman–Crippen LogP) is 3.72. The highest BCUT2D eigenvalue weighted by Gasteiger charge is 2.18. The molecule has 5 heteroatoms. The molecule has 3 aromatic rings. The van der Waals surface area contributed by atoms with E-state index in [4.69, 9.17) is 9.47 Å². The molecule has 0 spiro atoms. The zero-order valence-electron chi connectivity index (χ0n) is 9.81. The largest absolute Gasteiger partial charge is 0.454 e. The number of fused-ring (bicyclic) bond motifs is 2. The molecular formula is C14H9BrN2O2. The Morgan fingerprint density at radius 1 is 1.11 bits per heavy atom. The van der Waals surface area contributed by atoms with Gasteiger partial charge in [0.25, 0.3) is 0 Å². The van der Waals surface area contributed by atoms with Gasteiger partial charge in [-0.1, -0.05) is 12.1 Å². The van der Waals surface area contributed by atoms with Gasteiger partial charge in [-0.25, -0.2) is 4.98 Å². The van der Waals surface area contributed by atoms with Gasteiger partial charge in [0.2, 0.25) is 6.79 Å². The summed E-state index contributed by atoms with van der Waals surface area (Å²) in [5.74, 6) is 2.32. The second-order valence-corrected chi connectivity index (χ2v) is 5.14. The lowest BCUT2D eigenvalue weighted by Gasteiger charge is -2.03. The number of para-hydroxylation sites is 2. The predicted molar refractivity (Wildman–Crippen MR) is 75.4 cm³/mol. The number of rotatable bonds is 1. The topological polar surface area (TPSA) is 47.1 Å². The van der Waals surface area contributed by atoms with Crippen molar-refractivity contribution in [1.82, 2.24) is 9.97 Å². The summed E-state index contributed by atoms with van der Waals surface area (Å²) in [4.78, 5) is 7.89. The summed E-state index contributed by atoms with van der Waals surface area (Å²) in [7, 11) is 0. The maximum absolute atomic E-state index is 5.40. The first kappa shape index (κ1) is 10.9. The molecule has 0 saturated carbocycles. The van der Waals surface area contributed by atoms with Crippen molar-refractivity contribution in [2.75, 3.05) is 6.79 Å². The van der Waals surface area contributed by atoms with E-state index in [0.29, 0.717) is 0 Å². The van der Waals surface area contributed by atoms with Gasteiger partial charge in [0, 0.05) is 10.0 Å². The van der Waals surface area contributed by atoms with Gasteiger partial charge in [-0.15, -0.1) is 0 Å². The third-order valence-electron chi connectivity index (χ3n) is 3.11. The van der Waals surface area contributed by atoms with Crippen LogP contribution in [-0.4, -0.2) is 16.8 Å². The highest BCUT2D eigenvalue weighted by atomic mass is 79.9. The number of nitrogens with zero attached hydrogens (tertiary/aromatic N) is 1. The summed E-state index contributed by atoms with van der Waals surface area (Å²) in [5, 5.41) is 0. The molecule has 1 aromatic heterocycles. The Kier molecular flexibility index (Phi) is 2.29. The molecule has 0 atom stereocenters. The van der Waals surface area contributed by atoms with E-state index in [1.165, 1.54) is 0 Å². The normalized spacial score (nSPS) is 13.1.